The largest absolute Gasteiger partial charge is 0.336 e. The Balaban J connectivity index is 1.49. The molecule has 2 aromatic carbocycles. The van der Waals surface area contributed by atoms with E-state index in [1.165, 1.54) is 0 Å². The summed E-state index contributed by atoms with van der Waals surface area (Å²) in [7, 11) is 0. The monoisotopic (exact) mass is 435 g/mol. The van der Waals surface area contributed by atoms with Gasteiger partial charge < -0.3 is 15.2 Å². The molecule has 0 saturated heterocycles. The van der Waals surface area contributed by atoms with Crippen molar-refractivity contribution in [2.75, 3.05) is 11.9 Å². The van der Waals surface area contributed by atoms with Crippen LogP contribution in [0.3, 0.4) is 0 Å². The fraction of sp³-hybridized carbons (Fsp3) is 0.0952. The summed E-state index contributed by atoms with van der Waals surface area (Å²) in [5.41, 5.74) is 3.38. The molecule has 2 N–H and O–H groups in total. The smallest absolute Gasteiger partial charge is 0.319 e. The van der Waals surface area contributed by atoms with Crippen molar-refractivity contribution < 1.29 is 4.79 Å². The van der Waals surface area contributed by atoms with E-state index in [4.69, 9.17) is 4.98 Å². The van der Waals surface area contributed by atoms with E-state index in [0.29, 0.717) is 13.1 Å². The van der Waals surface area contributed by atoms with E-state index in [-0.39, 0.29) is 6.03 Å². The van der Waals surface area contributed by atoms with E-state index >= 15 is 0 Å². The van der Waals surface area contributed by atoms with Gasteiger partial charge in [0.25, 0.3) is 0 Å². The van der Waals surface area contributed by atoms with Crippen LogP contribution in [0.15, 0.2) is 77.4 Å². The summed E-state index contributed by atoms with van der Waals surface area (Å²) in [5.74, 6) is 0.837. The zero-order valence-electron chi connectivity index (χ0n) is 15.0. The average molecular weight is 436 g/mol. The van der Waals surface area contributed by atoms with Crippen molar-refractivity contribution in [1.82, 2.24) is 19.9 Å². The van der Waals surface area contributed by atoms with Gasteiger partial charge in [-0.05, 0) is 30.3 Å². The molecule has 7 heteroatoms. The number of imidazole rings is 1. The zero-order chi connectivity index (χ0) is 19.3. The van der Waals surface area contributed by atoms with Crippen LogP contribution in [0, 0.1) is 0 Å². The highest BCUT2D eigenvalue weighted by molar-refractivity contribution is 9.10. The van der Waals surface area contributed by atoms with Crippen molar-refractivity contribution in [3.63, 3.8) is 0 Å². The Bertz CT molecular complexity index is 1110. The van der Waals surface area contributed by atoms with Crippen LogP contribution < -0.4 is 10.6 Å². The predicted molar refractivity (Wildman–Crippen MR) is 114 cm³/mol. The summed E-state index contributed by atoms with van der Waals surface area (Å²) in [6, 6.07) is 21.0. The molecule has 0 fully saturated rings. The van der Waals surface area contributed by atoms with Crippen LogP contribution in [-0.4, -0.2) is 27.1 Å². The van der Waals surface area contributed by atoms with Gasteiger partial charge in [-0.1, -0.05) is 52.3 Å². The van der Waals surface area contributed by atoms with Gasteiger partial charge in [0.1, 0.15) is 11.3 Å². The second-order valence-electron chi connectivity index (χ2n) is 6.19. The molecule has 0 aliphatic carbocycles. The van der Waals surface area contributed by atoms with Crippen molar-refractivity contribution in [2.45, 2.75) is 6.54 Å². The maximum atomic E-state index is 12.2. The third kappa shape index (κ3) is 4.04. The molecule has 140 valence electrons. The molecule has 2 amide bonds. The Hall–Kier alpha value is -3.19. The van der Waals surface area contributed by atoms with Crippen LogP contribution in [0.4, 0.5) is 10.5 Å². The molecule has 2 aromatic heterocycles. The first-order chi connectivity index (χ1) is 13.7. The number of carbonyl (C=O) groups is 1. The van der Waals surface area contributed by atoms with Crippen LogP contribution in [0.1, 0.15) is 0 Å². The zero-order valence-corrected chi connectivity index (χ0v) is 16.6. The van der Waals surface area contributed by atoms with Crippen LogP contribution in [0.25, 0.3) is 22.6 Å². The van der Waals surface area contributed by atoms with Gasteiger partial charge in [0.2, 0.25) is 0 Å². The summed E-state index contributed by atoms with van der Waals surface area (Å²) in [5, 5.41) is 5.72. The lowest BCUT2D eigenvalue weighted by molar-refractivity contribution is 0.251. The molecule has 0 atom stereocenters. The Morgan fingerprint density at radius 3 is 2.71 bits per heavy atom. The molecule has 0 spiro atoms. The number of halogens is 1. The standard InChI is InChI=1S/C21H18BrN5O/c22-16-8-4-9-17(14-16)25-21(28)24-12-13-27-19(15-6-2-1-3-7-15)26-18-10-5-11-23-20(18)27/h1-11,14H,12-13H2,(H2,24,25,28). The van der Waals surface area contributed by atoms with Gasteiger partial charge in [-0.2, -0.15) is 0 Å². The van der Waals surface area contributed by atoms with E-state index in [2.05, 4.69) is 31.5 Å². The first-order valence-corrected chi connectivity index (χ1v) is 9.67. The maximum Gasteiger partial charge on any atom is 0.319 e. The number of benzene rings is 2. The third-order valence-corrected chi connectivity index (χ3v) is 4.73. The molecule has 0 bridgehead atoms. The van der Waals surface area contributed by atoms with Gasteiger partial charge in [0.05, 0.1) is 0 Å². The number of hydrogen-bond donors (Lipinski definition) is 2. The minimum absolute atomic E-state index is 0.253. The lowest BCUT2D eigenvalue weighted by Crippen LogP contribution is -2.31. The Kier molecular flexibility index (Phi) is 5.34. The average Bonchev–Trinajstić information content (AvgIpc) is 3.07. The molecular weight excluding hydrogens is 418 g/mol. The minimum atomic E-state index is -0.253. The molecule has 28 heavy (non-hydrogen) atoms. The number of aromatic nitrogens is 3. The molecule has 4 rings (SSSR count). The number of nitrogens with one attached hydrogen (secondary N) is 2. The van der Waals surface area contributed by atoms with Crippen molar-refractivity contribution in [2.24, 2.45) is 0 Å². The minimum Gasteiger partial charge on any atom is -0.336 e. The molecular formula is C21H18BrN5O. The Labute approximate surface area is 170 Å². The third-order valence-electron chi connectivity index (χ3n) is 4.24. The van der Waals surface area contributed by atoms with Crippen molar-refractivity contribution in [3.05, 3.63) is 77.4 Å². The molecule has 0 radical (unpaired) electrons. The summed E-state index contributed by atoms with van der Waals surface area (Å²) >= 11 is 3.40. The fourth-order valence-electron chi connectivity index (χ4n) is 3.00. The van der Waals surface area contributed by atoms with E-state index < -0.39 is 0 Å². The fourth-order valence-corrected chi connectivity index (χ4v) is 3.40. The van der Waals surface area contributed by atoms with Gasteiger partial charge in [-0.15, -0.1) is 0 Å². The number of carbonyl (C=O) groups excluding carboxylic acids is 1. The number of pyridine rings is 1. The summed E-state index contributed by atoms with van der Waals surface area (Å²) < 4.78 is 2.94. The van der Waals surface area contributed by atoms with Crippen LogP contribution in [0.2, 0.25) is 0 Å². The number of amides is 2. The molecule has 0 aliphatic rings. The van der Waals surface area contributed by atoms with Crippen LogP contribution in [0.5, 0.6) is 0 Å². The predicted octanol–water partition coefficient (Wildman–Crippen LogP) is 4.68. The number of anilines is 1. The quantitative estimate of drug-likeness (QED) is 0.477. The van der Waals surface area contributed by atoms with E-state index in [1.807, 2.05) is 71.3 Å². The van der Waals surface area contributed by atoms with Gasteiger partial charge in [0, 0.05) is 35.0 Å². The number of hydrogen-bond acceptors (Lipinski definition) is 3. The number of rotatable bonds is 5. The molecule has 0 unspecified atom stereocenters. The normalized spacial score (nSPS) is 10.8. The molecule has 0 aliphatic heterocycles. The molecule has 6 nitrogen and oxygen atoms in total. The SMILES string of the molecule is O=C(NCCn1c(-c2ccccc2)nc2cccnc21)Nc1cccc(Br)c1. The summed E-state index contributed by atoms with van der Waals surface area (Å²) in [6.07, 6.45) is 1.75. The maximum absolute atomic E-state index is 12.2. The molecule has 0 saturated carbocycles. The van der Waals surface area contributed by atoms with Crippen molar-refractivity contribution >= 4 is 38.8 Å². The Morgan fingerprint density at radius 1 is 1.04 bits per heavy atom. The van der Waals surface area contributed by atoms with Crippen LogP contribution >= 0.6 is 15.9 Å². The highest BCUT2D eigenvalue weighted by atomic mass is 79.9. The van der Waals surface area contributed by atoms with Gasteiger partial charge >= 0.3 is 6.03 Å². The number of urea groups is 1. The van der Waals surface area contributed by atoms with Crippen molar-refractivity contribution in [1.29, 1.82) is 0 Å². The lowest BCUT2D eigenvalue weighted by Gasteiger charge is -2.11. The molecule has 2 heterocycles. The molecule has 4 aromatic rings. The highest BCUT2D eigenvalue weighted by Crippen LogP contribution is 2.23. The van der Waals surface area contributed by atoms with Gasteiger partial charge in [-0.25, -0.2) is 14.8 Å². The summed E-state index contributed by atoms with van der Waals surface area (Å²) in [6.45, 7) is 1.01. The second-order valence-corrected chi connectivity index (χ2v) is 7.11. The van der Waals surface area contributed by atoms with E-state index in [0.717, 1.165) is 32.7 Å². The lowest BCUT2D eigenvalue weighted by atomic mass is 10.2. The topological polar surface area (TPSA) is 71.8 Å². The Morgan fingerprint density at radius 2 is 1.89 bits per heavy atom. The summed E-state index contributed by atoms with van der Waals surface area (Å²) in [4.78, 5) is 21.4. The first kappa shape index (κ1) is 18.2. The highest BCUT2D eigenvalue weighted by Gasteiger charge is 2.13. The van der Waals surface area contributed by atoms with Gasteiger partial charge in [-0.3, -0.25) is 0 Å². The second kappa shape index (κ2) is 8.22. The first-order valence-electron chi connectivity index (χ1n) is 8.88. The van der Waals surface area contributed by atoms with Crippen molar-refractivity contribution in [3.8, 4) is 11.4 Å². The van der Waals surface area contributed by atoms with E-state index in [9.17, 15) is 4.79 Å². The van der Waals surface area contributed by atoms with Crippen LogP contribution in [-0.2, 0) is 6.54 Å². The van der Waals surface area contributed by atoms with Gasteiger partial charge in [0.15, 0.2) is 5.65 Å². The van der Waals surface area contributed by atoms with E-state index in [1.54, 1.807) is 6.20 Å². The number of nitrogens with zero attached hydrogens (tertiary/aromatic N) is 3. The number of fused-ring (bicyclic) bond motifs is 1.